The smallest absolute Gasteiger partial charge is 0.274 e. The molecule has 0 saturated heterocycles. The highest BCUT2D eigenvalue weighted by Crippen LogP contribution is 2.20. The second-order valence-corrected chi connectivity index (χ2v) is 4.77. The van der Waals surface area contributed by atoms with Crippen LogP contribution >= 0.6 is 0 Å². The zero-order chi connectivity index (χ0) is 15.1. The fraction of sp³-hybridized carbons (Fsp3) is 0.250. The zero-order valence-corrected chi connectivity index (χ0v) is 11.7. The molecular formula is C16H18N2O3. The number of aryl methyl sites for hydroxylation is 1. The Bertz CT molecular complexity index is 614. The summed E-state index contributed by atoms with van der Waals surface area (Å²) in [6.07, 6.45) is 1.55. The van der Waals surface area contributed by atoms with E-state index in [2.05, 4.69) is 5.32 Å². The van der Waals surface area contributed by atoms with Crippen LogP contribution in [0.15, 0.2) is 48.5 Å². The number of aliphatic hydroxyl groups is 1. The number of hydrogen-bond acceptors (Lipinski definition) is 4. The van der Waals surface area contributed by atoms with Crippen molar-refractivity contribution in [3.05, 3.63) is 69.8 Å². The van der Waals surface area contributed by atoms with E-state index in [1.807, 2.05) is 24.3 Å². The number of nitro groups is 1. The van der Waals surface area contributed by atoms with E-state index in [1.54, 1.807) is 18.2 Å². The first kappa shape index (κ1) is 15.0. The molecule has 0 heterocycles. The van der Waals surface area contributed by atoms with Crippen LogP contribution in [-0.4, -0.2) is 16.6 Å². The van der Waals surface area contributed by atoms with Crippen LogP contribution in [0, 0.1) is 10.1 Å². The molecule has 0 bridgehead atoms. The van der Waals surface area contributed by atoms with Gasteiger partial charge in [0, 0.05) is 30.5 Å². The Kier molecular flexibility index (Phi) is 5.29. The van der Waals surface area contributed by atoms with Crippen molar-refractivity contribution in [3.8, 4) is 0 Å². The second-order valence-electron chi connectivity index (χ2n) is 4.77. The Morgan fingerprint density at radius 2 is 1.95 bits per heavy atom. The molecule has 110 valence electrons. The van der Waals surface area contributed by atoms with Crippen LogP contribution in [0.5, 0.6) is 0 Å². The number of nitrogens with zero attached hydrogens (tertiary/aromatic N) is 1. The molecule has 0 aliphatic heterocycles. The third-order valence-corrected chi connectivity index (χ3v) is 3.22. The van der Waals surface area contributed by atoms with Gasteiger partial charge < -0.3 is 10.4 Å². The van der Waals surface area contributed by atoms with Crippen molar-refractivity contribution in [2.45, 2.75) is 19.4 Å². The highest BCUT2D eigenvalue weighted by Gasteiger charge is 2.11. The lowest BCUT2D eigenvalue weighted by molar-refractivity contribution is -0.385. The van der Waals surface area contributed by atoms with Crippen molar-refractivity contribution in [2.24, 2.45) is 0 Å². The Morgan fingerprint density at radius 1 is 1.14 bits per heavy atom. The summed E-state index contributed by atoms with van der Waals surface area (Å²) in [4.78, 5) is 10.6. The molecule has 0 radical (unpaired) electrons. The molecule has 0 fully saturated rings. The predicted molar refractivity (Wildman–Crippen MR) is 82.3 cm³/mol. The van der Waals surface area contributed by atoms with Gasteiger partial charge in [-0.25, -0.2) is 0 Å². The number of rotatable bonds is 7. The van der Waals surface area contributed by atoms with E-state index in [-0.39, 0.29) is 17.2 Å². The summed E-state index contributed by atoms with van der Waals surface area (Å²) in [5.41, 5.74) is 2.84. The van der Waals surface area contributed by atoms with Gasteiger partial charge in [0.25, 0.3) is 5.69 Å². The lowest BCUT2D eigenvalue weighted by Crippen LogP contribution is -2.03. The first-order valence-corrected chi connectivity index (χ1v) is 6.86. The zero-order valence-electron chi connectivity index (χ0n) is 11.7. The molecule has 0 spiro atoms. The molecule has 0 aromatic heterocycles. The van der Waals surface area contributed by atoms with Crippen molar-refractivity contribution >= 4 is 11.4 Å². The first-order chi connectivity index (χ1) is 10.2. The van der Waals surface area contributed by atoms with Crippen molar-refractivity contribution in [3.63, 3.8) is 0 Å². The summed E-state index contributed by atoms with van der Waals surface area (Å²) < 4.78 is 0. The molecule has 2 rings (SSSR count). The van der Waals surface area contributed by atoms with Gasteiger partial charge in [-0.3, -0.25) is 10.1 Å². The molecule has 0 unspecified atom stereocenters. The number of nitro benzene ring substituents is 1. The predicted octanol–water partition coefficient (Wildman–Crippen LogP) is 3.13. The monoisotopic (exact) mass is 286 g/mol. The van der Waals surface area contributed by atoms with Crippen LogP contribution in [0.1, 0.15) is 17.5 Å². The summed E-state index contributed by atoms with van der Waals surface area (Å²) >= 11 is 0. The fourth-order valence-corrected chi connectivity index (χ4v) is 2.16. The van der Waals surface area contributed by atoms with Gasteiger partial charge in [0.05, 0.1) is 4.92 Å². The minimum absolute atomic E-state index is 0.126. The fourth-order valence-electron chi connectivity index (χ4n) is 2.16. The molecule has 0 aliphatic rings. The molecule has 2 N–H and O–H groups in total. The van der Waals surface area contributed by atoms with Crippen LogP contribution in [0.4, 0.5) is 11.4 Å². The molecular weight excluding hydrogens is 268 g/mol. The molecule has 2 aromatic rings. The number of para-hydroxylation sites is 1. The Hall–Kier alpha value is -2.40. The molecule has 0 atom stereocenters. The van der Waals surface area contributed by atoms with Crippen LogP contribution in [0.25, 0.3) is 0 Å². The van der Waals surface area contributed by atoms with Gasteiger partial charge in [-0.1, -0.05) is 30.3 Å². The van der Waals surface area contributed by atoms with Gasteiger partial charge >= 0.3 is 0 Å². The summed E-state index contributed by atoms with van der Waals surface area (Å²) in [5.74, 6) is 0. The van der Waals surface area contributed by atoms with Gasteiger partial charge in [0.2, 0.25) is 0 Å². The van der Waals surface area contributed by atoms with E-state index in [9.17, 15) is 10.1 Å². The van der Waals surface area contributed by atoms with Crippen molar-refractivity contribution in [1.29, 1.82) is 0 Å². The SMILES string of the molecule is O=[N+]([O-])c1ccccc1CNc1cccc(CCCO)c1. The second kappa shape index (κ2) is 7.40. The van der Waals surface area contributed by atoms with Crippen LogP contribution in [-0.2, 0) is 13.0 Å². The Balaban J connectivity index is 2.05. The lowest BCUT2D eigenvalue weighted by atomic mass is 10.1. The summed E-state index contributed by atoms with van der Waals surface area (Å²) in [6, 6.07) is 14.6. The normalized spacial score (nSPS) is 10.3. The Labute approximate surface area is 123 Å². The molecule has 0 aliphatic carbocycles. The minimum Gasteiger partial charge on any atom is -0.396 e. The molecule has 21 heavy (non-hydrogen) atoms. The molecule has 0 saturated carbocycles. The maximum absolute atomic E-state index is 11.0. The van der Waals surface area contributed by atoms with E-state index >= 15 is 0 Å². The standard InChI is InChI=1S/C16H18N2O3/c19-10-4-6-13-5-3-8-15(11-13)17-12-14-7-1-2-9-16(14)18(20)21/h1-3,5,7-9,11,17,19H,4,6,10,12H2. The van der Waals surface area contributed by atoms with Crippen molar-refractivity contribution in [1.82, 2.24) is 0 Å². The third kappa shape index (κ3) is 4.29. The van der Waals surface area contributed by atoms with Gasteiger partial charge in [-0.05, 0) is 30.5 Å². The van der Waals surface area contributed by atoms with Crippen molar-refractivity contribution in [2.75, 3.05) is 11.9 Å². The van der Waals surface area contributed by atoms with Gasteiger partial charge in [-0.2, -0.15) is 0 Å². The third-order valence-electron chi connectivity index (χ3n) is 3.22. The highest BCUT2D eigenvalue weighted by atomic mass is 16.6. The van der Waals surface area contributed by atoms with E-state index in [0.29, 0.717) is 12.1 Å². The van der Waals surface area contributed by atoms with Crippen LogP contribution in [0.2, 0.25) is 0 Å². The highest BCUT2D eigenvalue weighted by molar-refractivity contribution is 5.48. The molecule has 0 amide bonds. The van der Waals surface area contributed by atoms with Crippen LogP contribution in [0.3, 0.4) is 0 Å². The number of aliphatic hydroxyl groups excluding tert-OH is 1. The summed E-state index contributed by atoms with van der Waals surface area (Å²) in [5, 5.41) is 23.0. The number of anilines is 1. The number of benzene rings is 2. The van der Waals surface area contributed by atoms with E-state index in [1.165, 1.54) is 6.07 Å². The van der Waals surface area contributed by atoms with Gasteiger partial charge in [0.15, 0.2) is 0 Å². The van der Waals surface area contributed by atoms with E-state index in [0.717, 1.165) is 24.1 Å². The molecule has 2 aromatic carbocycles. The molecule has 5 nitrogen and oxygen atoms in total. The Morgan fingerprint density at radius 3 is 2.71 bits per heavy atom. The van der Waals surface area contributed by atoms with Crippen LogP contribution < -0.4 is 5.32 Å². The van der Waals surface area contributed by atoms with E-state index in [4.69, 9.17) is 5.11 Å². The first-order valence-electron chi connectivity index (χ1n) is 6.86. The average Bonchev–Trinajstić information content (AvgIpc) is 2.51. The van der Waals surface area contributed by atoms with E-state index < -0.39 is 0 Å². The topological polar surface area (TPSA) is 75.4 Å². The van der Waals surface area contributed by atoms with Gasteiger partial charge in [0.1, 0.15) is 0 Å². The number of nitrogens with one attached hydrogen (secondary N) is 1. The average molecular weight is 286 g/mol. The van der Waals surface area contributed by atoms with Gasteiger partial charge in [-0.15, -0.1) is 0 Å². The van der Waals surface area contributed by atoms with Crippen molar-refractivity contribution < 1.29 is 10.0 Å². The maximum Gasteiger partial charge on any atom is 0.274 e. The summed E-state index contributed by atoms with van der Waals surface area (Å²) in [7, 11) is 0. The number of hydrogen-bond donors (Lipinski definition) is 2. The quantitative estimate of drug-likeness (QED) is 0.605. The maximum atomic E-state index is 11.0. The largest absolute Gasteiger partial charge is 0.396 e. The summed E-state index contributed by atoms with van der Waals surface area (Å²) in [6.45, 7) is 0.578. The minimum atomic E-state index is -0.366. The molecule has 5 heteroatoms. The lowest BCUT2D eigenvalue weighted by Gasteiger charge is -2.09.